The van der Waals surface area contributed by atoms with Crippen LogP contribution in [0.5, 0.6) is 0 Å². The van der Waals surface area contributed by atoms with E-state index in [1.165, 1.54) is 83.5 Å². The van der Waals surface area contributed by atoms with Gasteiger partial charge in [-0.1, -0.05) is 152 Å². The molecule has 0 aromatic carbocycles. The van der Waals surface area contributed by atoms with Crippen molar-refractivity contribution in [2.24, 2.45) is 5.92 Å². The molecular formula is C45H78O2. The molecule has 0 aliphatic carbocycles. The van der Waals surface area contributed by atoms with Crippen LogP contribution >= 0.6 is 0 Å². The summed E-state index contributed by atoms with van der Waals surface area (Å²) in [7, 11) is 0. The zero-order chi connectivity index (χ0) is 34.3. The van der Waals surface area contributed by atoms with Crippen molar-refractivity contribution in [1.82, 2.24) is 0 Å². The number of hydrogen-bond donors (Lipinski definition) is 0. The third-order valence-corrected chi connectivity index (χ3v) is 8.54. The Labute approximate surface area is 294 Å². The molecule has 2 heteroatoms. The Morgan fingerprint density at radius 2 is 0.809 bits per heavy atom. The molecule has 0 aliphatic rings. The first-order valence-corrected chi connectivity index (χ1v) is 20.2. The summed E-state index contributed by atoms with van der Waals surface area (Å²) >= 11 is 0. The second-order valence-electron chi connectivity index (χ2n) is 13.8. The van der Waals surface area contributed by atoms with Crippen LogP contribution in [-0.2, 0) is 9.53 Å². The Balaban J connectivity index is 4.19. The SMILES string of the molecule is CCCCC/C=C\C/C=C\C/C=C\CCCCCC(CCCCC/C=C\C/C=C\C/C=C\CCCCC)OC(=O)CCCCC(C)C. The van der Waals surface area contributed by atoms with Crippen LogP contribution in [0, 0.1) is 5.92 Å². The molecule has 2 nitrogen and oxygen atoms in total. The van der Waals surface area contributed by atoms with Crippen LogP contribution in [0.1, 0.15) is 195 Å². The summed E-state index contributed by atoms with van der Waals surface area (Å²) in [6, 6.07) is 0. The predicted octanol–water partition coefficient (Wildman–Crippen LogP) is 15.1. The van der Waals surface area contributed by atoms with Crippen LogP contribution < -0.4 is 0 Å². The smallest absolute Gasteiger partial charge is 0.306 e. The summed E-state index contributed by atoms with van der Waals surface area (Å²) in [5, 5.41) is 0. The number of rotatable bonds is 34. The molecule has 0 rings (SSSR count). The molecular weight excluding hydrogens is 572 g/mol. The van der Waals surface area contributed by atoms with Gasteiger partial charge in [-0.2, -0.15) is 0 Å². The van der Waals surface area contributed by atoms with Gasteiger partial charge in [0.05, 0.1) is 0 Å². The van der Waals surface area contributed by atoms with Gasteiger partial charge < -0.3 is 4.74 Å². The minimum atomic E-state index is 0.0182. The Morgan fingerprint density at radius 1 is 0.447 bits per heavy atom. The third kappa shape index (κ3) is 38.2. The molecule has 0 aliphatic heterocycles. The van der Waals surface area contributed by atoms with Crippen molar-refractivity contribution in [3.63, 3.8) is 0 Å². The fraction of sp³-hybridized carbons (Fsp3) is 0.711. The number of unbranched alkanes of at least 4 members (excludes halogenated alkanes) is 13. The molecule has 0 heterocycles. The van der Waals surface area contributed by atoms with Gasteiger partial charge >= 0.3 is 5.97 Å². The second kappa shape index (κ2) is 38.4. The van der Waals surface area contributed by atoms with Crippen molar-refractivity contribution in [2.75, 3.05) is 0 Å². The van der Waals surface area contributed by atoms with Crippen LogP contribution in [0.3, 0.4) is 0 Å². The van der Waals surface area contributed by atoms with Crippen molar-refractivity contribution in [1.29, 1.82) is 0 Å². The predicted molar refractivity (Wildman–Crippen MR) is 211 cm³/mol. The van der Waals surface area contributed by atoms with Crippen LogP contribution in [0.2, 0.25) is 0 Å². The molecule has 270 valence electrons. The molecule has 0 unspecified atom stereocenters. The number of ether oxygens (including phenoxy) is 1. The standard InChI is InChI=1S/C45H78O2/c1-5-7-9-11-13-15-17-19-21-23-25-27-29-31-33-35-40-44(47-45(46)42-38-37-39-43(3)4)41-36-34-32-30-28-26-24-22-20-18-16-14-12-10-8-6-2/h13-16,19-22,25-28,43-44H,5-12,17-18,23-24,29-42H2,1-4H3/b15-13-,16-14-,21-19-,22-20-,27-25-,28-26-. The van der Waals surface area contributed by atoms with Gasteiger partial charge in [0, 0.05) is 6.42 Å². The average molecular weight is 651 g/mol. The maximum atomic E-state index is 12.6. The lowest BCUT2D eigenvalue weighted by Gasteiger charge is -2.18. The molecule has 0 saturated heterocycles. The van der Waals surface area contributed by atoms with Gasteiger partial charge in [-0.3, -0.25) is 4.79 Å². The van der Waals surface area contributed by atoms with E-state index < -0.39 is 0 Å². The average Bonchev–Trinajstić information content (AvgIpc) is 3.06. The number of carbonyl (C=O) groups is 1. The number of carbonyl (C=O) groups excluding carboxylic acids is 1. The number of esters is 1. The molecule has 47 heavy (non-hydrogen) atoms. The van der Waals surface area contributed by atoms with Gasteiger partial charge in [0.25, 0.3) is 0 Å². The summed E-state index contributed by atoms with van der Waals surface area (Å²) in [4.78, 5) is 12.6. The lowest BCUT2D eigenvalue weighted by Crippen LogP contribution is -2.18. The lowest BCUT2D eigenvalue weighted by molar-refractivity contribution is -0.150. The summed E-state index contributed by atoms with van der Waals surface area (Å²) in [5.74, 6) is 0.723. The Kier molecular flexibility index (Phi) is 36.7. The topological polar surface area (TPSA) is 26.3 Å². The van der Waals surface area contributed by atoms with E-state index in [9.17, 15) is 4.79 Å². The summed E-state index contributed by atoms with van der Waals surface area (Å²) in [5.41, 5.74) is 0. The van der Waals surface area contributed by atoms with E-state index in [4.69, 9.17) is 4.74 Å². The van der Waals surface area contributed by atoms with Gasteiger partial charge in [0.15, 0.2) is 0 Å². The molecule has 0 amide bonds. The van der Waals surface area contributed by atoms with Gasteiger partial charge in [0.2, 0.25) is 0 Å². The van der Waals surface area contributed by atoms with E-state index in [0.717, 1.165) is 77.0 Å². The largest absolute Gasteiger partial charge is 0.462 e. The number of allylic oxidation sites excluding steroid dienone is 12. The maximum Gasteiger partial charge on any atom is 0.306 e. The van der Waals surface area contributed by atoms with Gasteiger partial charge in [-0.15, -0.1) is 0 Å². The van der Waals surface area contributed by atoms with E-state index in [1.54, 1.807) is 0 Å². The van der Waals surface area contributed by atoms with Crippen molar-refractivity contribution in [2.45, 2.75) is 201 Å². The zero-order valence-electron chi connectivity index (χ0n) is 31.8. The van der Waals surface area contributed by atoms with Gasteiger partial charge in [-0.25, -0.2) is 0 Å². The van der Waals surface area contributed by atoms with Crippen LogP contribution in [0.15, 0.2) is 72.9 Å². The van der Waals surface area contributed by atoms with Crippen LogP contribution in [-0.4, -0.2) is 12.1 Å². The minimum absolute atomic E-state index is 0.0182. The monoisotopic (exact) mass is 651 g/mol. The van der Waals surface area contributed by atoms with E-state index in [-0.39, 0.29) is 12.1 Å². The molecule has 0 saturated carbocycles. The third-order valence-electron chi connectivity index (χ3n) is 8.54. The maximum absolute atomic E-state index is 12.6. The van der Waals surface area contributed by atoms with Crippen molar-refractivity contribution in [3.05, 3.63) is 72.9 Å². The highest BCUT2D eigenvalue weighted by molar-refractivity contribution is 5.69. The number of hydrogen-bond acceptors (Lipinski definition) is 2. The first kappa shape index (κ1) is 44.9. The highest BCUT2D eigenvalue weighted by atomic mass is 16.5. The fourth-order valence-corrected chi connectivity index (χ4v) is 5.53. The summed E-state index contributed by atoms with van der Waals surface area (Å²) in [6.07, 6.45) is 57.5. The van der Waals surface area contributed by atoms with Crippen molar-refractivity contribution < 1.29 is 9.53 Å². The summed E-state index contributed by atoms with van der Waals surface area (Å²) < 4.78 is 6.01. The first-order valence-electron chi connectivity index (χ1n) is 20.2. The zero-order valence-corrected chi connectivity index (χ0v) is 31.8. The molecule has 0 fully saturated rings. The van der Waals surface area contributed by atoms with E-state index in [0.29, 0.717) is 12.3 Å². The molecule has 0 aromatic rings. The van der Waals surface area contributed by atoms with Gasteiger partial charge in [0.1, 0.15) is 6.10 Å². The Hall–Kier alpha value is -2.09. The van der Waals surface area contributed by atoms with Gasteiger partial charge in [-0.05, 0) is 115 Å². The van der Waals surface area contributed by atoms with Crippen LogP contribution in [0.25, 0.3) is 0 Å². The Bertz CT molecular complexity index is 771. The van der Waals surface area contributed by atoms with E-state index in [2.05, 4.69) is 101 Å². The molecule has 0 aromatic heterocycles. The van der Waals surface area contributed by atoms with Crippen molar-refractivity contribution >= 4 is 5.97 Å². The van der Waals surface area contributed by atoms with Crippen LogP contribution in [0.4, 0.5) is 0 Å². The highest BCUT2D eigenvalue weighted by Gasteiger charge is 2.14. The molecule has 0 N–H and O–H groups in total. The van der Waals surface area contributed by atoms with Crippen molar-refractivity contribution in [3.8, 4) is 0 Å². The lowest BCUT2D eigenvalue weighted by atomic mass is 10.0. The molecule has 0 bridgehead atoms. The fourth-order valence-electron chi connectivity index (χ4n) is 5.53. The quantitative estimate of drug-likeness (QED) is 0.0393. The first-order chi connectivity index (χ1) is 23.1. The Morgan fingerprint density at radius 3 is 1.19 bits per heavy atom. The molecule has 0 radical (unpaired) electrons. The van der Waals surface area contributed by atoms with E-state index in [1.807, 2.05) is 0 Å². The highest BCUT2D eigenvalue weighted by Crippen LogP contribution is 2.18. The molecule has 0 atom stereocenters. The molecule has 0 spiro atoms. The normalized spacial score (nSPS) is 12.7. The van der Waals surface area contributed by atoms with E-state index >= 15 is 0 Å². The minimum Gasteiger partial charge on any atom is -0.462 e. The summed E-state index contributed by atoms with van der Waals surface area (Å²) in [6.45, 7) is 9.01. The second-order valence-corrected chi connectivity index (χ2v) is 13.8.